The number of benzene rings is 1. The quantitative estimate of drug-likeness (QED) is 0.833. The van der Waals surface area contributed by atoms with Crippen molar-refractivity contribution >= 4 is 17.3 Å². The van der Waals surface area contributed by atoms with Crippen molar-refractivity contribution in [1.29, 1.82) is 0 Å². The molecule has 0 spiro atoms. The molecule has 0 heterocycles. The van der Waals surface area contributed by atoms with Crippen molar-refractivity contribution < 1.29 is 4.39 Å². The van der Waals surface area contributed by atoms with Crippen LogP contribution >= 0.6 is 12.2 Å². The molecule has 4 fully saturated rings. The zero-order valence-electron chi connectivity index (χ0n) is 12.7. The largest absolute Gasteiger partial charge is 0.359 e. The van der Waals surface area contributed by atoms with Crippen LogP contribution in [0.3, 0.4) is 0 Å². The number of hydrogen-bond donors (Lipinski definition) is 2. The Morgan fingerprint density at radius 1 is 1.00 bits per heavy atom. The van der Waals surface area contributed by atoms with Gasteiger partial charge in [-0.2, -0.15) is 0 Å². The minimum absolute atomic E-state index is 0.196. The summed E-state index contributed by atoms with van der Waals surface area (Å²) in [6, 6.07) is 7.15. The molecule has 4 heteroatoms. The lowest BCUT2D eigenvalue weighted by Crippen LogP contribution is -2.57. The zero-order chi connectivity index (χ0) is 15.1. The smallest absolute Gasteiger partial charge is 0.166 e. The first kappa shape index (κ1) is 14.4. The first-order valence-electron chi connectivity index (χ1n) is 8.46. The normalized spacial score (nSPS) is 35.4. The molecule has 0 saturated heterocycles. The molecular weight excluding hydrogens is 295 g/mol. The average Bonchev–Trinajstić information content (AvgIpc) is 2.50. The van der Waals surface area contributed by atoms with Crippen LogP contribution in [0.15, 0.2) is 24.3 Å². The predicted molar refractivity (Wildman–Crippen MR) is 89.8 cm³/mol. The Morgan fingerprint density at radius 2 is 1.59 bits per heavy atom. The lowest BCUT2D eigenvalue weighted by molar-refractivity contribution is -0.00694. The fourth-order valence-electron chi connectivity index (χ4n) is 5.15. The van der Waals surface area contributed by atoms with E-state index in [-0.39, 0.29) is 5.82 Å². The first-order valence-corrected chi connectivity index (χ1v) is 8.87. The summed E-state index contributed by atoms with van der Waals surface area (Å²) in [7, 11) is 0. The Kier molecular flexibility index (Phi) is 3.81. The number of rotatable bonds is 3. The summed E-state index contributed by atoms with van der Waals surface area (Å²) >= 11 is 5.48. The van der Waals surface area contributed by atoms with Gasteiger partial charge in [0.2, 0.25) is 0 Å². The van der Waals surface area contributed by atoms with Gasteiger partial charge < -0.3 is 10.6 Å². The molecule has 5 rings (SSSR count). The van der Waals surface area contributed by atoms with Gasteiger partial charge in [-0.05, 0) is 85.7 Å². The Bertz CT molecular complexity index is 529. The highest BCUT2D eigenvalue weighted by molar-refractivity contribution is 7.80. The van der Waals surface area contributed by atoms with E-state index in [4.69, 9.17) is 12.2 Å². The summed E-state index contributed by atoms with van der Waals surface area (Å²) in [5.74, 6) is 3.42. The first-order chi connectivity index (χ1) is 10.7. The molecule has 2 N–H and O–H groups in total. The summed E-state index contributed by atoms with van der Waals surface area (Å²) < 4.78 is 12.9. The van der Waals surface area contributed by atoms with Gasteiger partial charge in [-0.1, -0.05) is 12.1 Å². The van der Waals surface area contributed by atoms with Crippen molar-refractivity contribution in [2.75, 3.05) is 0 Å². The summed E-state index contributed by atoms with van der Waals surface area (Å²) in [6.45, 7) is 0.652. The molecule has 4 bridgehead atoms. The van der Waals surface area contributed by atoms with Crippen LogP contribution < -0.4 is 10.6 Å². The average molecular weight is 318 g/mol. The number of thiocarbonyl (C=S) groups is 1. The van der Waals surface area contributed by atoms with Gasteiger partial charge in [0, 0.05) is 12.6 Å². The maximum Gasteiger partial charge on any atom is 0.166 e. The van der Waals surface area contributed by atoms with E-state index in [1.165, 1.54) is 44.2 Å². The number of nitrogens with one attached hydrogen (secondary N) is 2. The second kappa shape index (κ2) is 5.80. The van der Waals surface area contributed by atoms with Crippen molar-refractivity contribution in [1.82, 2.24) is 10.6 Å². The molecule has 0 amide bonds. The summed E-state index contributed by atoms with van der Waals surface area (Å²) in [5, 5.41) is 7.62. The molecule has 0 radical (unpaired) electrons. The molecule has 2 nitrogen and oxygen atoms in total. The maximum absolute atomic E-state index is 12.9. The van der Waals surface area contributed by atoms with Gasteiger partial charge in [0.15, 0.2) is 5.11 Å². The van der Waals surface area contributed by atoms with Gasteiger partial charge in [0.05, 0.1) is 0 Å². The Labute approximate surface area is 136 Å². The second-order valence-electron chi connectivity index (χ2n) is 7.41. The standard InChI is InChI=1S/C18H23FN2S/c19-16-3-1-11(2-4-16)10-20-18(22)21-17-14-6-12-5-13(8-14)9-15(17)7-12/h1-4,12-15,17H,5-10H2,(H2,20,21,22). The van der Waals surface area contributed by atoms with Crippen molar-refractivity contribution in [3.05, 3.63) is 35.6 Å². The third-order valence-corrected chi connectivity index (χ3v) is 6.15. The van der Waals surface area contributed by atoms with Crippen LogP contribution in [0.5, 0.6) is 0 Å². The van der Waals surface area contributed by atoms with Gasteiger partial charge in [0.25, 0.3) is 0 Å². The van der Waals surface area contributed by atoms with Crippen molar-refractivity contribution in [3.63, 3.8) is 0 Å². The van der Waals surface area contributed by atoms with Crippen molar-refractivity contribution in [3.8, 4) is 0 Å². The molecule has 1 aromatic rings. The molecule has 4 aliphatic rings. The van der Waals surface area contributed by atoms with Gasteiger partial charge in [-0.3, -0.25) is 0 Å². The van der Waals surface area contributed by atoms with E-state index >= 15 is 0 Å². The van der Waals surface area contributed by atoms with Crippen LogP contribution in [0.2, 0.25) is 0 Å². The molecule has 0 aromatic heterocycles. The van der Waals surface area contributed by atoms with Gasteiger partial charge >= 0.3 is 0 Å². The molecule has 118 valence electrons. The summed E-state index contributed by atoms with van der Waals surface area (Å²) in [5.41, 5.74) is 1.05. The Balaban J connectivity index is 1.31. The van der Waals surface area contributed by atoms with E-state index in [2.05, 4.69) is 10.6 Å². The molecule has 0 unspecified atom stereocenters. The maximum atomic E-state index is 12.9. The molecule has 22 heavy (non-hydrogen) atoms. The van der Waals surface area contributed by atoms with Crippen molar-refractivity contribution in [2.45, 2.75) is 44.7 Å². The highest BCUT2D eigenvalue weighted by Crippen LogP contribution is 2.53. The minimum Gasteiger partial charge on any atom is -0.359 e. The minimum atomic E-state index is -0.196. The highest BCUT2D eigenvalue weighted by atomic mass is 32.1. The van der Waals surface area contributed by atoms with E-state index in [9.17, 15) is 4.39 Å². The van der Waals surface area contributed by atoms with E-state index in [0.29, 0.717) is 12.6 Å². The van der Waals surface area contributed by atoms with Crippen LogP contribution in [0.1, 0.15) is 37.7 Å². The van der Waals surface area contributed by atoms with Crippen LogP contribution in [0.4, 0.5) is 4.39 Å². The van der Waals surface area contributed by atoms with E-state index in [1.807, 2.05) is 0 Å². The second-order valence-corrected chi connectivity index (χ2v) is 7.82. The third kappa shape index (κ3) is 2.85. The summed E-state index contributed by atoms with van der Waals surface area (Å²) in [6.07, 6.45) is 7.06. The molecule has 0 aliphatic heterocycles. The van der Waals surface area contributed by atoms with E-state index in [0.717, 1.165) is 34.3 Å². The fourth-order valence-corrected chi connectivity index (χ4v) is 5.36. The SMILES string of the molecule is Fc1ccc(CNC(=S)NC2C3CC4CC(C3)CC2C4)cc1. The van der Waals surface area contributed by atoms with Crippen LogP contribution in [-0.4, -0.2) is 11.2 Å². The molecular formula is C18H23FN2S. The predicted octanol–water partition coefficient (Wildman–Crippen LogP) is 3.61. The topological polar surface area (TPSA) is 24.1 Å². The Hall–Kier alpha value is -1.16. The van der Waals surface area contributed by atoms with Gasteiger partial charge in [0.1, 0.15) is 5.82 Å². The third-order valence-electron chi connectivity index (χ3n) is 5.89. The van der Waals surface area contributed by atoms with E-state index in [1.54, 1.807) is 12.1 Å². The summed E-state index contributed by atoms with van der Waals surface area (Å²) in [4.78, 5) is 0. The van der Waals surface area contributed by atoms with E-state index < -0.39 is 0 Å². The molecule has 4 aliphatic carbocycles. The monoisotopic (exact) mass is 318 g/mol. The highest BCUT2D eigenvalue weighted by Gasteiger charge is 2.48. The lowest BCUT2D eigenvalue weighted by atomic mass is 9.54. The molecule has 1 aromatic carbocycles. The van der Waals surface area contributed by atoms with Crippen LogP contribution in [-0.2, 0) is 6.54 Å². The number of hydrogen-bond acceptors (Lipinski definition) is 1. The van der Waals surface area contributed by atoms with Crippen LogP contribution in [0, 0.1) is 29.5 Å². The molecule has 0 atom stereocenters. The fraction of sp³-hybridized carbons (Fsp3) is 0.611. The Morgan fingerprint density at radius 3 is 2.18 bits per heavy atom. The number of halogens is 1. The van der Waals surface area contributed by atoms with Crippen molar-refractivity contribution in [2.24, 2.45) is 23.7 Å². The zero-order valence-corrected chi connectivity index (χ0v) is 13.5. The van der Waals surface area contributed by atoms with Gasteiger partial charge in [-0.15, -0.1) is 0 Å². The van der Waals surface area contributed by atoms with Crippen LogP contribution in [0.25, 0.3) is 0 Å². The lowest BCUT2D eigenvalue weighted by Gasteiger charge is -2.54. The molecule has 4 saturated carbocycles. The van der Waals surface area contributed by atoms with Gasteiger partial charge in [-0.25, -0.2) is 4.39 Å².